The number of hydrogen-bond acceptors (Lipinski definition) is 5. The van der Waals surface area contributed by atoms with E-state index in [1.807, 2.05) is 43.0 Å². The smallest absolute Gasteiger partial charge is 0.272 e. The fraction of sp³-hybridized carbons (Fsp3) is 0.400. The zero-order chi connectivity index (χ0) is 18.8. The van der Waals surface area contributed by atoms with Crippen LogP contribution >= 0.6 is 0 Å². The summed E-state index contributed by atoms with van der Waals surface area (Å²) in [6.45, 7) is 5.63. The predicted molar refractivity (Wildman–Crippen MR) is 100 cm³/mol. The molecule has 1 saturated heterocycles. The summed E-state index contributed by atoms with van der Waals surface area (Å²) in [6, 6.07) is 9.48. The van der Waals surface area contributed by atoms with Gasteiger partial charge in [0.15, 0.2) is 5.65 Å². The number of carbonyl (C=O) groups is 1. The van der Waals surface area contributed by atoms with E-state index in [4.69, 9.17) is 4.74 Å². The number of fused-ring (bicyclic) bond motifs is 1. The van der Waals surface area contributed by atoms with Crippen LogP contribution in [0.3, 0.4) is 0 Å². The monoisotopic (exact) mass is 365 g/mol. The van der Waals surface area contributed by atoms with Gasteiger partial charge in [-0.1, -0.05) is 6.07 Å². The highest BCUT2D eigenvalue weighted by molar-refractivity contribution is 5.93. The van der Waals surface area contributed by atoms with E-state index < -0.39 is 0 Å². The molecule has 1 atom stereocenters. The van der Waals surface area contributed by atoms with Gasteiger partial charge in [-0.2, -0.15) is 5.10 Å². The molecule has 0 aromatic carbocycles. The molecule has 1 aliphatic heterocycles. The molecule has 0 N–H and O–H groups in total. The van der Waals surface area contributed by atoms with Crippen molar-refractivity contribution >= 4 is 11.6 Å². The van der Waals surface area contributed by atoms with Crippen LogP contribution in [-0.2, 0) is 11.3 Å². The molecule has 3 aromatic rings. The molecule has 7 nitrogen and oxygen atoms in total. The van der Waals surface area contributed by atoms with Gasteiger partial charge in [-0.15, -0.1) is 0 Å². The van der Waals surface area contributed by atoms with Gasteiger partial charge in [0.2, 0.25) is 0 Å². The minimum absolute atomic E-state index is 0.0201. The van der Waals surface area contributed by atoms with E-state index in [0.717, 1.165) is 36.5 Å². The number of aryl methyl sites for hydroxylation is 2. The van der Waals surface area contributed by atoms with E-state index >= 15 is 0 Å². The predicted octanol–water partition coefficient (Wildman–Crippen LogP) is 2.56. The molecule has 1 aliphatic rings. The normalized spacial score (nSPS) is 17.4. The van der Waals surface area contributed by atoms with E-state index in [9.17, 15) is 4.79 Å². The van der Waals surface area contributed by atoms with Gasteiger partial charge in [0, 0.05) is 31.0 Å². The number of ether oxygens (including phenoxy) is 1. The van der Waals surface area contributed by atoms with E-state index in [2.05, 4.69) is 15.1 Å². The fourth-order valence-electron chi connectivity index (χ4n) is 3.46. The minimum Gasteiger partial charge on any atom is -0.370 e. The zero-order valence-electron chi connectivity index (χ0n) is 15.6. The van der Waals surface area contributed by atoms with Crippen molar-refractivity contribution < 1.29 is 9.53 Å². The second-order valence-corrected chi connectivity index (χ2v) is 6.99. The number of carbonyl (C=O) groups excluding carboxylic acids is 1. The number of likely N-dealkylation sites (tertiary alicyclic amines) is 1. The maximum atomic E-state index is 13.0. The highest BCUT2D eigenvalue weighted by Crippen LogP contribution is 2.18. The molecule has 140 valence electrons. The van der Waals surface area contributed by atoms with Gasteiger partial charge >= 0.3 is 0 Å². The Morgan fingerprint density at radius 2 is 2.19 bits per heavy atom. The van der Waals surface area contributed by atoms with Crippen LogP contribution < -0.4 is 0 Å². The van der Waals surface area contributed by atoms with E-state index in [0.29, 0.717) is 24.5 Å². The van der Waals surface area contributed by atoms with E-state index in [-0.39, 0.29) is 12.0 Å². The van der Waals surface area contributed by atoms with Crippen molar-refractivity contribution in [3.05, 3.63) is 59.3 Å². The van der Waals surface area contributed by atoms with Gasteiger partial charge in [0.1, 0.15) is 5.69 Å². The van der Waals surface area contributed by atoms with Crippen LogP contribution in [0.15, 0.2) is 36.5 Å². The van der Waals surface area contributed by atoms with Crippen LogP contribution in [-0.4, -0.2) is 49.6 Å². The summed E-state index contributed by atoms with van der Waals surface area (Å²) in [5, 5.41) is 4.39. The van der Waals surface area contributed by atoms with Crippen LogP contribution in [0.2, 0.25) is 0 Å². The number of aromatic nitrogens is 4. The third-order valence-corrected chi connectivity index (χ3v) is 4.80. The first-order valence-corrected chi connectivity index (χ1v) is 9.25. The van der Waals surface area contributed by atoms with Crippen LogP contribution in [0.4, 0.5) is 0 Å². The summed E-state index contributed by atoms with van der Waals surface area (Å²) >= 11 is 0. The summed E-state index contributed by atoms with van der Waals surface area (Å²) in [4.78, 5) is 23.6. The fourth-order valence-corrected chi connectivity index (χ4v) is 3.46. The lowest BCUT2D eigenvalue weighted by atomic mass is 10.1. The summed E-state index contributed by atoms with van der Waals surface area (Å²) in [5.41, 5.74) is 3.86. The van der Waals surface area contributed by atoms with Crippen molar-refractivity contribution in [1.82, 2.24) is 24.5 Å². The Bertz CT molecular complexity index is 954. The lowest BCUT2D eigenvalue weighted by molar-refractivity contribution is -0.00800. The molecule has 4 heterocycles. The molecule has 0 saturated carbocycles. The minimum atomic E-state index is -0.0504. The molecule has 3 aromatic heterocycles. The highest BCUT2D eigenvalue weighted by atomic mass is 16.5. The van der Waals surface area contributed by atoms with Crippen molar-refractivity contribution in [2.75, 3.05) is 13.1 Å². The standard InChI is InChI=1S/C20H23N5O2/c1-14-10-19-22-18(11-15(2)25(19)23-14)20(26)24-9-5-7-17(12-24)27-13-16-6-3-4-8-21-16/h3-4,6,8,10-11,17H,5,7,9,12-13H2,1-2H3/t17-/m0/s1. The molecular formula is C20H23N5O2. The first-order chi connectivity index (χ1) is 13.1. The van der Waals surface area contributed by atoms with E-state index in [1.54, 1.807) is 16.8 Å². The average Bonchev–Trinajstić information content (AvgIpc) is 3.08. The number of hydrogen-bond donors (Lipinski definition) is 0. The van der Waals surface area contributed by atoms with Gasteiger partial charge in [0.25, 0.3) is 5.91 Å². The Balaban J connectivity index is 1.45. The topological polar surface area (TPSA) is 72.6 Å². The molecule has 0 spiro atoms. The lowest BCUT2D eigenvalue weighted by Crippen LogP contribution is -2.43. The van der Waals surface area contributed by atoms with Gasteiger partial charge in [-0.3, -0.25) is 9.78 Å². The third kappa shape index (κ3) is 3.83. The van der Waals surface area contributed by atoms with Crippen LogP contribution in [0.25, 0.3) is 5.65 Å². The SMILES string of the molecule is Cc1cc2nc(C(=O)N3CCC[C@H](OCc4ccccn4)C3)cc(C)n2n1. The Labute approximate surface area is 158 Å². The molecule has 0 aliphatic carbocycles. The molecule has 1 fully saturated rings. The van der Waals surface area contributed by atoms with Crippen LogP contribution in [0, 0.1) is 13.8 Å². The quantitative estimate of drug-likeness (QED) is 0.710. The number of piperidine rings is 1. The van der Waals surface area contributed by atoms with Gasteiger partial charge in [-0.05, 0) is 44.9 Å². The van der Waals surface area contributed by atoms with Gasteiger partial charge in [0.05, 0.1) is 24.1 Å². The zero-order valence-corrected chi connectivity index (χ0v) is 15.6. The lowest BCUT2D eigenvalue weighted by Gasteiger charge is -2.32. The van der Waals surface area contributed by atoms with Crippen molar-refractivity contribution in [2.45, 2.75) is 39.4 Å². The molecule has 0 bridgehead atoms. The van der Waals surface area contributed by atoms with Crippen molar-refractivity contribution in [3.63, 3.8) is 0 Å². The average molecular weight is 365 g/mol. The molecule has 0 unspecified atom stereocenters. The Morgan fingerprint density at radius 1 is 1.30 bits per heavy atom. The van der Waals surface area contributed by atoms with E-state index in [1.165, 1.54) is 0 Å². The molecule has 0 radical (unpaired) electrons. The highest BCUT2D eigenvalue weighted by Gasteiger charge is 2.26. The van der Waals surface area contributed by atoms with Crippen LogP contribution in [0.5, 0.6) is 0 Å². The summed E-state index contributed by atoms with van der Waals surface area (Å²) in [6.07, 6.45) is 3.65. The molecule has 7 heteroatoms. The first kappa shape index (κ1) is 17.6. The summed E-state index contributed by atoms with van der Waals surface area (Å²) in [7, 11) is 0. The number of nitrogens with zero attached hydrogens (tertiary/aromatic N) is 5. The number of pyridine rings is 1. The van der Waals surface area contributed by atoms with Gasteiger partial charge in [-0.25, -0.2) is 9.50 Å². The second-order valence-electron chi connectivity index (χ2n) is 6.99. The Morgan fingerprint density at radius 3 is 3.00 bits per heavy atom. The van der Waals surface area contributed by atoms with Crippen molar-refractivity contribution in [2.24, 2.45) is 0 Å². The number of rotatable bonds is 4. The Kier molecular flexibility index (Phi) is 4.85. The van der Waals surface area contributed by atoms with Crippen molar-refractivity contribution in [3.8, 4) is 0 Å². The first-order valence-electron chi connectivity index (χ1n) is 9.25. The Hall–Kier alpha value is -2.80. The second kappa shape index (κ2) is 7.44. The summed E-state index contributed by atoms with van der Waals surface area (Å²) < 4.78 is 7.76. The third-order valence-electron chi connectivity index (χ3n) is 4.80. The van der Waals surface area contributed by atoms with Crippen LogP contribution in [0.1, 0.15) is 40.4 Å². The maximum absolute atomic E-state index is 13.0. The molecular weight excluding hydrogens is 342 g/mol. The largest absolute Gasteiger partial charge is 0.370 e. The van der Waals surface area contributed by atoms with Gasteiger partial charge < -0.3 is 9.64 Å². The molecule has 27 heavy (non-hydrogen) atoms. The molecule has 1 amide bonds. The van der Waals surface area contributed by atoms with Crippen molar-refractivity contribution in [1.29, 1.82) is 0 Å². The number of amides is 1. The summed E-state index contributed by atoms with van der Waals surface area (Å²) in [5.74, 6) is -0.0504. The maximum Gasteiger partial charge on any atom is 0.272 e. The molecule has 4 rings (SSSR count).